The van der Waals surface area contributed by atoms with E-state index in [9.17, 15) is 22.7 Å². The molecule has 4 rings (SSSR count). The number of carboxylic acid groups (broad SMARTS) is 1. The van der Waals surface area contributed by atoms with Gasteiger partial charge in [0.1, 0.15) is 12.4 Å². The van der Waals surface area contributed by atoms with Gasteiger partial charge in [0, 0.05) is 30.9 Å². The van der Waals surface area contributed by atoms with Crippen molar-refractivity contribution in [3.8, 4) is 17.0 Å². The normalized spacial score (nSPS) is 14.4. The summed E-state index contributed by atoms with van der Waals surface area (Å²) in [6.45, 7) is 11.8. The number of nitrogens with zero attached hydrogens (tertiary/aromatic N) is 4. The predicted molar refractivity (Wildman–Crippen MR) is 148 cm³/mol. The number of benzene rings is 1. The highest BCUT2D eigenvalue weighted by Crippen LogP contribution is 2.34. The summed E-state index contributed by atoms with van der Waals surface area (Å²) < 4.78 is 47.0. The van der Waals surface area contributed by atoms with Gasteiger partial charge in [0.15, 0.2) is 5.03 Å². The fraction of sp³-hybridized carbons (Fsp3) is 0.464. The molecular formula is C28H36FN5O5S. The topological polar surface area (TPSA) is 141 Å². The zero-order chi connectivity index (χ0) is 29.4. The van der Waals surface area contributed by atoms with Gasteiger partial charge in [0.2, 0.25) is 5.88 Å². The number of nitrogens with two attached hydrogens (primary N) is 1. The molecule has 1 aromatic carbocycles. The number of ether oxygens (including phenoxy) is 1. The van der Waals surface area contributed by atoms with E-state index in [1.807, 2.05) is 34.6 Å². The molecule has 3 aromatic rings. The van der Waals surface area contributed by atoms with Gasteiger partial charge in [-0.05, 0) is 73.2 Å². The van der Waals surface area contributed by atoms with E-state index < -0.39 is 27.3 Å². The Hall–Kier alpha value is -3.35. The zero-order valence-corrected chi connectivity index (χ0v) is 24.3. The molecule has 0 saturated heterocycles. The van der Waals surface area contributed by atoms with E-state index in [-0.39, 0.29) is 29.9 Å². The Balaban J connectivity index is 1.67. The van der Waals surface area contributed by atoms with Crippen molar-refractivity contribution in [2.75, 3.05) is 19.7 Å². The van der Waals surface area contributed by atoms with Crippen LogP contribution in [-0.2, 0) is 39.7 Å². The number of primary sulfonamides is 1. The molecule has 0 unspecified atom stereocenters. The van der Waals surface area contributed by atoms with E-state index in [2.05, 4.69) is 15.0 Å². The minimum absolute atomic E-state index is 0.0759. The first-order valence-corrected chi connectivity index (χ1v) is 14.8. The van der Waals surface area contributed by atoms with E-state index in [1.165, 1.54) is 18.3 Å². The number of likely N-dealkylation sites (N-methyl/N-ethyl adjacent to an activating group) is 1. The standard InChI is InChI=1S/C28H36FN5O5S/c1-6-33-10-8-20-24(15-33)34(32-27(20)40(30,37)38)28(4,5)16-39-25-11-18(7-9-31-25)22-13-19(29)12-21(17(2)3)23(22)14-26(35)36/h7,9,11-13,17H,6,8,10,14-16H2,1-5H3,(H,35,36)(H2,30,37,38). The summed E-state index contributed by atoms with van der Waals surface area (Å²) in [6, 6.07) is 6.04. The maximum Gasteiger partial charge on any atom is 0.307 e. The van der Waals surface area contributed by atoms with Gasteiger partial charge in [-0.2, -0.15) is 5.10 Å². The molecule has 0 fully saturated rings. The SMILES string of the molecule is CCN1CCc2c(S(N)(=O)=O)nn(C(C)(C)COc3cc(-c4cc(F)cc(C(C)C)c4CC(=O)O)ccn3)c2C1. The lowest BCUT2D eigenvalue weighted by Crippen LogP contribution is -2.39. The van der Waals surface area contributed by atoms with Crippen LogP contribution in [0.5, 0.6) is 5.88 Å². The second kappa shape index (κ2) is 11.3. The van der Waals surface area contributed by atoms with Gasteiger partial charge < -0.3 is 9.84 Å². The number of hydrogen-bond donors (Lipinski definition) is 2. The Kier molecular flexibility index (Phi) is 8.34. The maximum atomic E-state index is 14.6. The Bertz CT molecular complexity index is 1530. The fourth-order valence-electron chi connectivity index (χ4n) is 5.18. The van der Waals surface area contributed by atoms with Crippen LogP contribution in [-0.4, -0.2) is 58.9 Å². The molecule has 0 amide bonds. The first-order valence-electron chi connectivity index (χ1n) is 13.2. The van der Waals surface area contributed by atoms with Gasteiger partial charge in [0.25, 0.3) is 10.0 Å². The lowest BCUT2D eigenvalue weighted by molar-refractivity contribution is -0.136. The molecule has 0 aliphatic carbocycles. The molecule has 0 atom stereocenters. The van der Waals surface area contributed by atoms with Crippen molar-refractivity contribution in [1.29, 1.82) is 0 Å². The molecule has 2 aromatic heterocycles. The van der Waals surface area contributed by atoms with Gasteiger partial charge in [-0.3, -0.25) is 14.4 Å². The summed E-state index contributed by atoms with van der Waals surface area (Å²) in [5.74, 6) is -1.29. The number of carboxylic acids is 1. The second-order valence-electron chi connectivity index (χ2n) is 11.0. The van der Waals surface area contributed by atoms with E-state index in [0.717, 1.165) is 12.2 Å². The van der Waals surface area contributed by atoms with Crippen molar-refractivity contribution in [2.45, 2.75) is 70.5 Å². The molecule has 12 heteroatoms. The van der Waals surface area contributed by atoms with Crippen molar-refractivity contribution in [3.63, 3.8) is 0 Å². The summed E-state index contributed by atoms with van der Waals surface area (Å²) in [7, 11) is -4.01. The van der Waals surface area contributed by atoms with Crippen LogP contribution >= 0.6 is 0 Å². The third-order valence-electron chi connectivity index (χ3n) is 7.21. The molecule has 0 radical (unpaired) electrons. The van der Waals surface area contributed by atoms with Gasteiger partial charge in [-0.1, -0.05) is 20.8 Å². The van der Waals surface area contributed by atoms with Crippen LogP contribution in [0.3, 0.4) is 0 Å². The molecule has 10 nitrogen and oxygen atoms in total. The minimum Gasteiger partial charge on any atom is -0.481 e. The Morgan fingerprint density at radius 3 is 2.62 bits per heavy atom. The monoisotopic (exact) mass is 573 g/mol. The van der Waals surface area contributed by atoms with E-state index in [1.54, 1.807) is 16.8 Å². The lowest BCUT2D eigenvalue weighted by Gasteiger charge is -2.31. The number of pyridine rings is 1. The molecule has 0 bridgehead atoms. The van der Waals surface area contributed by atoms with Gasteiger partial charge in [0.05, 0.1) is 17.7 Å². The second-order valence-corrected chi connectivity index (χ2v) is 12.5. The van der Waals surface area contributed by atoms with Crippen LogP contribution in [0.4, 0.5) is 4.39 Å². The number of aromatic nitrogens is 3. The van der Waals surface area contributed by atoms with Crippen LogP contribution in [0.2, 0.25) is 0 Å². The number of halogens is 1. The summed E-state index contributed by atoms with van der Waals surface area (Å²) in [6.07, 6.45) is 1.80. The zero-order valence-electron chi connectivity index (χ0n) is 23.4. The highest BCUT2D eigenvalue weighted by atomic mass is 32.2. The molecule has 0 spiro atoms. The maximum absolute atomic E-state index is 14.6. The van der Waals surface area contributed by atoms with Crippen molar-refractivity contribution in [1.82, 2.24) is 19.7 Å². The molecule has 40 heavy (non-hydrogen) atoms. The first-order chi connectivity index (χ1) is 18.7. The summed E-state index contributed by atoms with van der Waals surface area (Å²) in [4.78, 5) is 18.2. The van der Waals surface area contributed by atoms with Crippen LogP contribution in [0.1, 0.15) is 62.9 Å². The van der Waals surface area contributed by atoms with Crippen molar-refractivity contribution >= 4 is 16.0 Å². The van der Waals surface area contributed by atoms with Gasteiger partial charge >= 0.3 is 5.97 Å². The van der Waals surface area contributed by atoms with Crippen LogP contribution in [0, 0.1) is 5.82 Å². The predicted octanol–water partition coefficient (Wildman–Crippen LogP) is 3.67. The Morgan fingerprint density at radius 2 is 2.00 bits per heavy atom. The lowest BCUT2D eigenvalue weighted by atomic mass is 9.88. The third kappa shape index (κ3) is 6.18. The van der Waals surface area contributed by atoms with Crippen molar-refractivity contribution < 1.29 is 27.4 Å². The third-order valence-corrected chi connectivity index (χ3v) is 8.08. The smallest absolute Gasteiger partial charge is 0.307 e. The quantitative estimate of drug-likeness (QED) is 0.374. The number of sulfonamides is 1. The summed E-state index contributed by atoms with van der Waals surface area (Å²) >= 11 is 0. The molecule has 1 aliphatic heterocycles. The highest BCUT2D eigenvalue weighted by molar-refractivity contribution is 7.89. The van der Waals surface area contributed by atoms with Crippen molar-refractivity contribution in [3.05, 3.63) is 58.7 Å². The summed E-state index contributed by atoms with van der Waals surface area (Å²) in [5.41, 5.74) is 2.86. The first kappa shape index (κ1) is 29.6. The number of hydrogen-bond acceptors (Lipinski definition) is 7. The molecule has 216 valence electrons. The number of rotatable bonds is 10. The number of carbonyl (C=O) groups is 1. The molecule has 3 N–H and O–H groups in total. The van der Waals surface area contributed by atoms with E-state index >= 15 is 0 Å². The Morgan fingerprint density at radius 1 is 1.27 bits per heavy atom. The van der Waals surface area contributed by atoms with Crippen molar-refractivity contribution in [2.24, 2.45) is 5.14 Å². The van der Waals surface area contributed by atoms with Crippen LogP contribution in [0.15, 0.2) is 35.5 Å². The van der Waals surface area contributed by atoms with E-state index in [4.69, 9.17) is 9.88 Å². The average Bonchev–Trinajstić information content (AvgIpc) is 3.28. The van der Waals surface area contributed by atoms with Gasteiger partial charge in [-0.15, -0.1) is 0 Å². The van der Waals surface area contributed by atoms with Crippen LogP contribution < -0.4 is 9.88 Å². The number of fused-ring (bicyclic) bond motifs is 1. The molecular weight excluding hydrogens is 537 g/mol. The minimum atomic E-state index is -4.01. The molecule has 3 heterocycles. The number of aliphatic carboxylic acids is 1. The Labute approximate surface area is 234 Å². The average molecular weight is 574 g/mol. The van der Waals surface area contributed by atoms with Gasteiger partial charge in [-0.25, -0.2) is 22.9 Å². The largest absolute Gasteiger partial charge is 0.481 e. The van der Waals surface area contributed by atoms with E-state index in [0.29, 0.717) is 47.3 Å². The summed E-state index contributed by atoms with van der Waals surface area (Å²) in [5, 5.41) is 19.4. The molecule has 1 aliphatic rings. The fourth-order valence-corrected chi connectivity index (χ4v) is 5.94. The van der Waals surface area contributed by atoms with Crippen LogP contribution in [0.25, 0.3) is 11.1 Å². The molecule has 0 saturated carbocycles. The highest BCUT2D eigenvalue weighted by Gasteiger charge is 2.35.